The Morgan fingerprint density at radius 3 is 2.85 bits per heavy atom. The normalized spacial score (nSPS) is 15.1. The standard InChI is InChI=1S/C25H22FN3O5/c1-31-21-9-6-15-13-29(25-28-19-8-7-16(26)11-22(19)34-25)20(24(30)32-2)12-18(15)23(21)33-14-17-5-3-4-10-27-17/h3-11,20H,12-14H2,1-2H3. The first-order valence-corrected chi connectivity index (χ1v) is 10.7. The van der Waals surface area contributed by atoms with Gasteiger partial charge in [-0.05, 0) is 35.9 Å². The molecule has 34 heavy (non-hydrogen) atoms. The van der Waals surface area contributed by atoms with Gasteiger partial charge < -0.3 is 23.5 Å². The van der Waals surface area contributed by atoms with Crippen molar-refractivity contribution in [1.29, 1.82) is 0 Å². The number of oxazole rings is 1. The van der Waals surface area contributed by atoms with Crippen LogP contribution in [-0.2, 0) is 29.1 Å². The van der Waals surface area contributed by atoms with Crippen molar-refractivity contribution in [3.63, 3.8) is 0 Å². The first-order chi connectivity index (χ1) is 16.6. The molecule has 0 amide bonds. The average molecular weight is 463 g/mol. The Kier molecular flexibility index (Phi) is 5.75. The molecule has 0 N–H and O–H groups in total. The first kappa shape index (κ1) is 21.7. The molecule has 0 aliphatic carbocycles. The van der Waals surface area contributed by atoms with E-state index < -0.39 is 17.8 Å². The van der Waals surface area contributed by atoms with Crippen LogP contribution in [0.15, 0.2) is 59.1 Å². The number of aromatic nitrogens is 2. The summed E-state index contributed by atoms with van der Waals surface area (Å²) in [4.78, 5) is 23.3. The molecule has 5 rings (SSSR count). The van der Waals surface area contributed by atoms with Gasteiger partial charge in [0.05, 0.1) is 19.9 Å². The fourth-order valence-corrected chi connectivity index (χ4v) is 4.12. The number of fused-ring (bicyclic) bond motifs is 2. The van der Waals surface area contributed by atoms with Gasteiger partial charge in [0.2, 0.25) is 0 Å². The summed E-state index contributed by atoms with van der Waals surface area (Å²) in [6.07, 6.45) is 1.98. The number of hydrogen-bond acceptors (Lipinski definition) is 8. The minimum absolute atomic E-state index is 0.216. The Morgan fingerprint density at radius 1 is 1.21 bits per heavy atom. The highest BCUT2D eigenvalue weighted by Gasteiger charge is 2.37. The third-order valence-electron chi connectivity index (χ3n) is 5.80. The molecule has 0 bridgehead atoms. The number of carbonyl (C=O) groups is 1. The highest BCUT2D eigenvalue weighted by atomic mass is 19.1. The van der Waals surface area contributed by atoms with E-state index in [1.165, 1.54) is 25.3 Å². The lowest BCUT2D eigenvalue weighted by Gasteiger charge is -2.35. The Balaban J connectivity index is 1.53. The second-order valence-corrected chi connectivity index (χ2v) is 7.82. The van der Waals surface area contributed by atoms with Crippen LogP contribution >= 0.6 is 0 Å². The van der Waals surface area contributed by atoms with Crippen molar-refractivity contribution in [2.75, 3.05) is 19.1 Å². The smallest absolute Gasteiger partial charge is 0.329 e. The zero-order valence-corrected chi connectivity index (χ0v) is 18.7. The number of anilines is 1. The Labute approximate surface area is 194 Å². The summed E-state index contributed by atoms with van der Waals surface area (Å²) < 4.78 is 36.2. The van der Waals surface area contributed by atoms with E-state index in [4.69, 9.17) is 18.6 Å². The molecule has 0 saturated heterocycles. The summed E-state index contributed by atoms with van der Waals surface area (Å²) in [5.74, 6) is 0.242. The Hall–Kier alpha value is -4.14. The van der Waals surface area contributed by atoms with Gasteiger partial charge in [-0.1, -0.05) is 12.1 Å². The van der Waals surface area contributed by atoms with E-state index in [0.717, 1.165) is 16.8 Å². The summed E-state index contributed by atoms with van der Waals surface area (Å²) in [6.45, 7) is 0.561. The quantitative estimate of drug-likeness (QED) is 0.396. The van der Waals surface area contributed by atoms with Gasteiger partial charge in [0, 0.05) is 30.8 Å². The molecule has 1 atom stereocenters. The summed E-state index contributed by atoms with van der Waals surface area (Å²) >= 11 is 0. The van der Waals surface area contributed by atoms with Crippen LogP contribution in [0.4, 0.5) is 10.4 Å². The molecular weight excluding hydrogens is 441 g/mol. The highest BCUT2D eigenvalue weighted by Crippen LogP contribution is 2.40. The van der Waals surface area contributed by atoms with Crippen molar-refractivity contribution >= 4 is 23.1 Å². The van der Waals surface area contributed by atoms with Gasteiger partial charge in [0.25, 0.3) is 6.01 Å². The molecule has 1 unspecified atom stereocenters. The third-order valence-corrected chi connectivity index (χ3v) is 5.80. The van der Waals surface area contributed by atoms with Crippen LogP contribution in [0.5, 0.6) is 11.5 Å². The van der Waals surface area contributed by atoms with Gasteiger partial charge in [0.15, 0.2) is 17.1 Å². The number of carbonyl (C=O) groups excluding carboxylic acids is 1. The fraction of sp³-hybridized carbons (Fsp3) is 0.240. The molecule has 4 aromatic rings. The second-order valence-electron chi connectivity index (χ2n) is 7.82. The van der Waals surface area contributed by atoms with Crippen molar-refractivity contribution in [2.24, 2.45) is 0 Å². The highest BCUT2D eigenvalue weighted by molar-refractivity contribution is 5.82. The van der Waals surface area contributed by atoms with Crippen LogP contribution in [-0.4, -0.2) is 36.2 Å². The van der Waals surface area contributed by atoms with Crippen LogP contribution in [0.3, 0.4) is 0 Å². The van der Waals surface area contributed by atoms with Crippen molar-refractivity contribution in [3.8, 4) is 11.5 Å². The van der Waals surface area contributed by atoms with Gasteiger partial charge in [-0.2, -0.15) is 4.98 Å². The number of hydrogen-bond donors (Lipinski definition) is 0. The Morgan fingerprint density at radius 2 is 2.09 bits per heavy atom. The molecule has 174 valence electrons. The number of pyridine rings is 1. The van der Waals surface area contributed by atoms with Crippen molar-refractivity contribution in [3.05, 3.63) is 77.4 Å². The largest absolute Gasteiger partial charge is 0.493 e. The van der Waals surface area contributed by atoms with E-state index in [2.05, 4.69) is 9.97 Å². The SMILES string of the molecule is COC(=O)C1Cc2c(ccc(OC)c2OCc2ccccn2)CN1c1nc2ccc(F)cc2o1. The fourth-order valence-electron chi connectivity index (χ4n) is 4.12. The predicted molar refractivity (Wildman–Crippen MR) is 121 cm³/mol. The van der Waals surface area contributed by atoms with Gasteiger partial charge in [-0.3, -0.25) is 4.98 Å². The number of benzene rings is 2. The maximum Gasteiger partial charge on any atom is 0.329 e. The lowest BCUT2D eigenvalue weighted by atomic mass is 9.92. The maximum atomic E-state index is 13.7. The van der Waals surface area contributed by atoms with Gasteiger partial charge in [-0.25, -0.2) is 9.18 Å². The molecule has 3 heterocycles. The van der Waals surface area contributed by atoms with E-state index in [-0.39, 0.29) is 19.0 Å². The van der Waals surface area contributed by atoms with Crippen molar-refractivity contribution in [1.82, 2.24) is 9.97 Å². The van der Waals surface area contributed by atoms with E-state index >= 15 is 0 Å². The minimum Gasteiger partial charge on any atom is -0.493 e. The summed E-state index contributed by atoms with van der Waals surface area (Å²) in [6, 6.07) is 13.0. The second kappa shape index (κ2) is 9.01. The molecule has 0 radical (unpaired) electrons. The van der Waals surface area contributed by atoms with Crippen molar-refractivity contribution in [2.45, 2.75) is 25.6 Å². The van der Waals surface area contributed by atoms with E-state index in [1.54, 1.807) is 18.2 Å². The molecule has 0 fully saturated rings. The average Bonchev–Trinajstić information content (AvgIpc) is 3.29. The molecule has 9 heteroatoms. The molecule has 2 aromatic carbocycles. The van der Waals surface area contributed by atoms with Crippen LogP contribution in [0.2, 0.25) is 0 Å². The first-order valence-electron chi connectivity index (χ1n) is 10.7. The number of methoxy groups -OCH3 is 2. The van der Waals surface area contributed by atoms with Crippen LogP contribution in [0, 0.1) is 5.82 Å². The summed E-state index contributed by atoms with van der Waals surface area (Å²) in [5, 5.41) is 0. The molecule has 1 aliphatic rings. The van der Waals surface area contributed by atoms with Gasteiger partial charge in [-0.15, -0.1) is 0 Å². The number of ether oxygens (including phenoxy) is 3. The predicted octanol–water partition coefficient (Wildman–Crippen LogP) is 4.05. The lowest BCUT2D eigenvalue weighted by Crippen LogP contribution is -2.46. The summed E-state index contributed by atoms with van der Waals surface area (Å²) in [7, 11) is 2.90. The number of halogens is 1. The maximum absolute atomic E-state index is 13.7. The molecule has 1 aliphatic heterocycles. The van der Waals surface area contributed by atoms with Crippen LogP contribution < -0.4 is 14.4 Å². The number of rotatable bonds is 6. The third kappa shape index (κ3) is 4.00. The topological polar surface area (TPSA) is 86.9 Å². The van der Waals surface area contributed by atoms with Crippen LogP contribution in [0.1, 0.15) is 16.8 Å². The number of esters is 1. The Bertz CT molecular complexity index is 1340. The lowest BCUT2D eigenvalue weighted by molar-refractivity contribution is -0.142. The minimum atomic E-state index is -0.722. The molecule has 8 nitrogen and oxygen atoms in total. The van der Waals surface area contributed by atoms with Gasteiger partial charge >= 0.3 is 5.97 Å². The molecule has 0 saturated carbocycles. The zero-order valence-electron chi connectivity index (χ0n) is 18.7. The van der Waals surface area contributed by atoms with E-state index in [9.17, 15) is 9.18 Å². The van der Waals surface area contributed by atoms with E-state index in [1.807, 2.05) is 30.3 Å². The zero-order chi connectivity index (χ0) is 23.7. The molecule has 0 spiro atoms. The van der Waals surface area contributed by atoms with Crippen LogP contribution in [0.25, 0.3) is 11.1 Å². The van der Waals surface area contributed by atoms with Crippen molar-refractivity contribution < 1.29 is 27.8 Å². The monoisotopic (exact) mass is 463 g/mol. The van der Waals surface area contributed by atoms with Gasteiger partial charge in [0.1, 0.15) is 24.0 Å². The van der Waals surface area contributed by atoms with E-state index in [0.29, 0.717) is 29.1 Å². The summed E-state index contributed by atoms with van der Waals surface area (Å²) in [5.41, 5.74) is 3.33. The number of nitrogens with zero attached hydrogens (tertiary/aromatic N) is 3. The molecule has 2 aromatic heterocycles. The molecular formula is C25H22FN3O5.